The molecule has 0 saturated heterocycles. The van der Waals surface area contributed by atoms with Crippen LogP contribution in [0.1, 0.15) is 49.9 Å². The van der Waals surface area contributed by atoms with Crippen LogP contribution < -0.4 is 11.1 Å². The van der Waals surface area contributed by atoms with E-state index in [4.69, 9.17) is 10.7 Å². The van der Waals surface area contributed by atoms with E-state index in [0.717, 1.165) is 41.4 Å². The van der Waals surface area contributed by atoms with Crippen molar-refractivity contribution in [2.75, 3.05) is 5.32 Å². The second-order valence-electron chi connectivity index (χ2n) is 8.03. The number of amides is 1. The van der Waals surface area contributed by atoms with Crippen LogP contribution in [0, 0.1) is 11.8 Å². The van der Waals surface area contributed by atoms with Crippen LogP contribution in [0.2, 0.25) is 0 Å². The van der Waals surface area contributed by atoms with Crippen molar-refractivity contribution in [1.82, 2.24) is 14.5 Å². The van der Waals surface area contributed by atoms with Crippen molar-refractivity contribution >= 4 is 22.8 Å². The van der Waals surface area contributed by atoms with Gasteiger partial charge in [-0.15, -0.1) is 0 Å². The smallest absolute Gasteiger partial charge is 0.250 e. The molecule has 3 N–H and O–H groups in total. The van der Waals surface area contributed by atoms with Gasteiger partial charge < -0.3 is 15.6 Å². The minimum absolute atomic E-state index is 0.410. The normalized spacial score (nSPS) is 19.8. The Kier molecular flexibility index (Phi) is 5.03. The number of fused-ring (bicyclic) bond motifs is 1. The van der Waals surface area contributed by atoms with Crippen molar-refractivity contribution in [1.29, 1.82) is 0 Å². The van der Waals surface area contributed by atoms with E-state index in [1.165, 1.54) is 12.8 Å². The zero-order chi connectivity index (χ0) is 19.7. The lowest BCUT2D eigenvalue weighted by molar-refractivity contribution is 0.100. The fraction of sp³-hybridized carbons (Fsp3) is 0.409. The number of rotatable bonds is 5. The molecule has 4 rings (SSSR count). The molecule has 1 saturated carbocycles. The van der Waals surface area contributed by atoms with Crippen LogP contribution in [0.3, 0.4) is 0 Å². The second kappa shape index (κ2) is 7.62. The third-order valence-corrected chi connectivity index (χ3v) is 5.91. The summed E-state index contributed by atoms with van der Waals surface area (Å²) < 4.78 is 1.90. The number of nitrogens with two attached hydrogens (primary N) is 1. The molecule has 0 aliphatic heterocycles. The average Bonchev–Trinajstić information content (AvgIpc) is 3.09. The van der Waals surface area contributed by atoms with Gasteiger partial charge in [-0.1, -0.05) is 32.0 Å². The van der Waals surface area contributed by atoms with Gasteiger partial charge in [-0.3, -0.25) is 4.79 Å². The van der Waals surface area contributed by atoms with Gasteiger partial charge in [0.05, 0.1) is 11.1 Å². The lowest BCUT2D eigenvalue weighted by Gasteiger charge is -2.31. The quantitative estimate of drug-likeness (QED) is 0.699. The van der Waals surface area contributed by atoms with Crippen LogP contribution in [0.15, 0.2) is 42.7 Å². The molecule has 1 aliphatic rings. The van der Waals surface area contributed by atoms with Gasteiger partial charge in [-0.25, -0.2) is 4.98 Å². The third-order valence-electron chi connectivity index (χ3n) is 5.91. The maximum atomic E-state index is 11.8. The topological polar surface area (TPSA) is 85.8 Å². The van der Waals surface area contributed by atoms with Crippen LogP contribution in [-0.4, -0.2) is 26.5 Å². The van der Waals surface area contributed by atoms with Crippen molar-refractivity contribution in [3.8, 4) is 5.82 Å². The minimum atomic E-state index is -0.440. The first-order valence-corrected chi connectivity index (χ1v) is 10.0. The van der Waals surface area contributed by atoms with Crippen molar-refractivity contribution in [3.63, 3.8) is 0 Å². The summed E-state index contributed by atoms with van der Waals surface area (Å²) in [5.41, 5.74) is 6.96. The molecule has 0 spiro atoms. The molecule has 3 aromatic rings. The summed E-state index contributed by atoms with van der Waals surface area (Å²) in [5.74, 6) is 2.48. The molecule has 146 valence electrons. The molecule has 1 aromatic carbocycles. The maximum Gasteiger partial charge on any atom is 0.250 e. The highest BCUT2D eigenvalue weighted by atomic mass is 16.1. The van der Waals surface area contributed by atoms with Crippen molar-refractivity contribution in [3.05, 3.63) is 48.3 Å². The second-order valence-corrected chi connectivity index (χ2v) is 8.03. The Bertz CT molecular complexity index is 986. The highest BCUT2D eigenvalue weighted by Crippen LogP contribution is 2.31. The molecule has 1 aliphatic carbocycles. The molecule has 6 heteroatoms. The third kappa shape index (κ3) is 3.59. The predicted octanol–water partition coefficient (Wildman–Crippen LogP) is 4.15. The maximum absolute atomic E-state index is 11.8. The van der Waals surface area contributed by atoms with Crippen LogP contribution in [0.25, 0.3) is 16.7 Å². The van der Waals surface area contributed by atoms with Crippen LogP contribution in [-0.2, 0) is 0 Å². The van der Waals surface area contributed by atoms with Gasteiger partial charge in [-0.2, -0.15) is 4.98 Å². The van der Waals surface area contributed by atoms with Crippen LogP contribution in [0.5, 0.6) is 0 Å². The molecule has 0 radical (unpaired) electrons. The predicted molar refractivity (Wildman–Crippen MR) is 112 cm³/mol. The van der Waals surface area contributed by atoms with E-state index in [9.17, 15) is 4.79 Å². The molecular weight excluding hydrogens is 350 g/mol. The Morgan fingerprint density at radius 3 is 2.64 bits per heavy atom. The van der Waals surface area contributed by atoms with Crippen LogP contribution in [0.4, 0.5) is 5.95 Å². The highest BCUT2D eigenvalue weighted by Gasteiger charge is 2.23. The van der Waals surface area contributed by atoms with Gasteiger partial charge in [-0.05, 0) is 49.7 Å². The van der Waals surface area contributed by atoms with E-state index in [-0.39, 0.29) is 0 Å². The molecule has 1 fully saturated rings. The summed E-state index contributed by atoms with van der Waals surface area (Å²) in [5, 5.41) is 4.33. The highest BCUT2D eigenvalue weighted by molar-refractivity contribution is 6.06. The number of hydrogen-bond acceptors (Lipinski definition) is 4. The Morgan fingerprint density at radius 1 is 1.18 bits per heavy atom. The minimum Gasteiger partial charge on any atom is -0.366 e. The first kappa shape index (κ1) is 18.5. The molecule has 28 heavy (non-hydrogen) atoms. The number of benzene rings is 1. The number of para-hydroxylation sites is 1. The summed E-state index contributed by atoms with van der Waals surface area (Å²) in [6.45, 7) is 4.62. The van der Waals surface area contributed by atoms with Gasteiger partial charge >= 0.3 is 0 Å². The Hall–Kier alpha value is -2.89. The molecule has 2 aromatic heterocycles. The van der Waals surface area contributed by atoms with E-state index < -0.39 is 5.91 Å². The Balaban J connectivity index is 1.58. The van der Waals surface area contributed by atoms with Crippen molar-refractivity contribution in [2.45, 2.75) is 45.6 Å². The molecular formula is C22H27N5O. The number of carbonyl (C=O) groups excluding carboxylic acids is 1. The Labute approximate surface area is 165 Å². The molecule has 0 unspecified atom stereocenters. The van der Waals surface area contributed by atoms with E-state index >= 15 is 0 Å². The number of nitrogens with zero attached hydrogens (tertiary/aromatic N) is 3. The lowest BCUT2D eigenvalue weighted by Crippen LogP contribution is -2.28. The fourth-order valence-corrected chi connectivity index (χ4v) is 4.23. The molecule has 1 amide bonds. The fourth-order valence-electron chi connectivity index (χ4n) is 4.23. The standard InChI is InChI=1S/C22H27N5O/c1-14(2)15-7-9-16(10-8-15)25-22-24-12-11-20(26-22)27-13-18(21(23)28)17-5-3-4-6-19(17)27/h3-6,11-16H,7-10H2,1-2H3,(H2,23,28)(H,24,25,26). The molecule has 0 bridgehead atoms. The summed E-state index contributed by atoms with van der Waals surface area (Å²) >= 11 is 0. The zero-order valence-electron chi connectivity index (χ0n) is 16.4. The summed E-state index contributed by atoms with van der Waals surface area (Å²) in [4.78, 5) is 20.9. The van der Waals surface area contributed by atoms with Crippen molar-refractivity contribution in [2.24, 2.45) is 17.6 Å². The number of anilines is 1. The SMILES string of the molecule is CC(C)C1CCC(Nc2nccc(-n3cc(C(N)=O)c4ccccc43)n2)CC1. The number of aromatic nitrogens is 3. The number of primary amides is 1. The largest absolute Gasteiger partial charge is 0.366 e. The Morgan fingerprint density at radius 2 is 1.93 bits per heavy atom. The first-order valence-electron chi connectivity index (χ1n) is 10.0. The van der Waals surface area contributed by atoms with Crippen LogP contribution >= 0.6 is 0 Å². The van der Waals surface area contributed by atoms with Gasteiger partial charge in [0, 0.05) is 23.8 Å². The number of nitrogens with one attached hydrogen (secondary N) is 1. The van der Waals surface area contributed by atoms with Gasteiger partial charge in [0.25, 0.3) is 5.91 Å². The van der Waals surface area contributed by atoms with E-state index in [1.54, 1.807) is 12.4 Å². The summed E-state index contributed by atoms with van der Waals surface area (Å²) in [7, 11) is 0. The van der Waals surface area contributed by atoms with Gasteiger partial charge in [0.2, 0.25) is 5.95 Å². The molecule has 0 atom stereocenters. The molecule has 6 nitrogen and oxygen atoms in total. The summed E-state index contributed by atoms with van der Waals surface area (Å²) in [6.07, 6.45) is 8.30. The number of carbonyl (C=O) groups is 1. The van der Waals surface area contributed by atoms with E-state index in [0.29, 0.717) is 17.6 Å². The van der Waals surface area contributed by atoms with E-state index in [2.05, 4.69) is 24.1 Å². The summed E-state index contributed by atoms with van der Waals surface area (Å²) in [6, 6.07) is 9.96. The lowest BCUT2D eigenvalue weighted by atomic mass is 9.80. The number of hydrogen-bond donors (Lipinski definition) is 2. The molecule has 2 heterocycles. The first-order chi connectivity index (χ1) is 13.5. The zero-order valence-corrected chi connectivity index (χ0v) is 16.4. The van der Waals surface area contributed by atoms with Gasteiger partial charge in [0.1, 0.15) is 5.82 Å². The monoisotopic (exact) mass is 377 g/mol. The van der Waals surface area contributed by atoms with Gasteiger partial charge in [0.15, 0.2) is 0 Å². The van der Waals surface area contributed by atoms with E-state index in [1.807, 2.05) is 34.9 Å². The average molecular weight is 377 g/mol. The van der Waals surface area contributed by atoms with Crippen molar-refractivity contribution < 1.29 is 4.79 Å².